The van der Waals surface area contributed by atoms with Crippen LogP contribution in [0.1, 0.15) is 24.8 Å². The van der Waals surface area contributed by atoms with Crippen LogP contribution in [0.2, 0.25) is 0 Å². The smallest absolute Gasteiger partial charge is 0.125 e. The molecule has 1 aliphatic rings. The SMILES string of the molecule is CCC1(c2nc3cc(F)ccc3s2)CCNC1. The zero-order chi connectivity index (χ0) is 11.9. The molecule has 2 nitrogen and oxygen atoms in total. The van der Waals surface area contributed by atoms with Gasteiger partial charge in [0, 0.05) is 18.0 Å². The Kier molecular flexibility index (Phi) is 2.64. The molecule has 1 saturated heterocycles. The normalized spacial score (nSPS) is 24.6. The van der Waals surface area contributed by atoms with Gasteiger partial charge in [0.1, 0.15) is 10.8 Å². The fourth-order valence-corrected chi connectivity index (χ4v) is 3.74. The maximum absolute atomic E-state index is 13.2. The Balaban J connectivity index is 2.11. The molecule has 4 heteroatoms. The van der Waals surface area contributed by atoms with Crippen LogP contribution >= 0.6 is 11.3 Å². The van der Waals surface area contributed by atoms with Gasteiger partial charge in [-0.05, 0) is 31.5 Å². The Bertz CT molecular complexity index is 543. The number of fused-ring (bicyclic) bond motifs is 1. The first kappa shape index (κ1) is 11.1. The van der Waals surface area contributed by atoms with E-state index in [2.05, 4.69) is 17.2 Å². The van der Waals surface area contributed by atoms with Crippen molar-refractivity contribution in [2.75, 3.05) is 13.1 Å². The minimum absolute atomic E-state index is 0.167. The average molecular weight is 250 g/mol. The Morgan fingerprint density at radius 3 is 3.12 bits per heavy atom. The lowest BCUT2D eigenvalue weighted by atomic mass is 9.85. The Morgan fingerprint density at radius 1 is 1.53 bits per heavy atom. The van der Waals surface area contributed by atoms with Crippen molar-refractivity contribution < 1.29 is 4.39 Å². The van der Waals surface area contributed by atoms with E-state index in [0.29, 0.717) is 0 Å². The van der Waals surface area contributed by atoms with E-state index in [1.54, 1.807) is 11.3 Å². The van der Waals surface area contributed by atoms with Gasteiger partial charge in [0.15, 0.2) is 0 Å². The summed E-state index contributed by atoms with van der Waals surface area (Å²) in [5, 5.41) is 4.57. The van der Waals surface area contributed by atoms with Crippen LogP contribution in [-0.2, 0) is 5.41 Å². The lowest BCUT2D eigenvalue weighted by Crippen LogP contribution is -2.27. The molecule has 1 N–H and O–H groups in total. The van der Waals surface area contributed by atoms with E-state index in [-0.39, 0.29) is 11.2 Å². The highest BCUT2D eigenvalue weighted by Crippen LogP contribution is 2.38. The van der Waals surface area contributed by atoms with E-state index in [1.807, 2.05) is 6.07 Å². The molecule has 90 valence electrons. The van der Waals surface area contributed by atoms with Crippen LogP contribution in [0.25, 0.3) is 10.2 Å². The van der Waals surface area contributed by atoms with Crippen molar-refractivity contribution in [1.29, 1.82) is 0 Å². The van der Waals surface area contributed by atoms with Crippen LogP contribution in [0.15, 0.2) is 18.2 Å². The number of nitrogens with one attached hydrogen (secondary N) is 1. The molecule has 0 spiro atoms. The third-order valence-electron chi connectivity index (χ3n) is 3.72. The van der Waals surface area contributed by atoms with Crippen molar-refractivity contribution >= 4 is 21.6 Å². The van der Waals surface area contributed by atoms with Gasteiger partial charge in [0.25, 0.3) is 0 Å². The van der Waals surface area contributed by atoms with Crippen molar-refractivity contribution in [3.63, 3.8) is 0 Å². The lowest BCUT2D eigenvalue weighted by molar-refractivity contribution is 0.452. The highest BCUT2D eigenvalue weighted by molar-refractivity contribution is 7.18. The van der Waals surface area contributed by atoms with E-state index >= 15 is 0 Å². The molecule has 1 aliphatic heterocycles. The minimum Gasteiger partial charge on any atom is -0.316 e. The predicted molar refractivity (Wildman–Crippen MR) is 69.0 cm³/mol. The maximum Gasteiger partial charge on any atom is 0.125 e. The summed E-state index contributed by atoms with van der Waals surface area (Å²) in [5.41, 5.74) is 0.963. The van der Waals surface area contributed by atoms with Crippen LogP contribution in [-0.4, -0.2) is 18.1 Å². The Labute approximate surface area is 104 Å². The van der Waals surface area contributed by atoms with Crippen LogP contribution in [0, 0.1) is 5.82 Å². The van der Waals surface area contributed by atoms with Gasteiger partial charge >= 0.3 is 0 Å². The minimum atomic E-state index is -0.204. The third-order valence-corrected chi connectivity index (χ3v) is 5.01. The highest BCUT2D eigenvalue weighted by Gasteiger charge is 2.36. The van der Waals surface area contributed by atoms with E-state index in [0.717, 1.165) is 41.2 Å². The van der Waals surface area contributed by atoms with Crippen molar-refractivity contribution in [2.24, 2.45) is 0 Å². The second-order valence-electron chi connectivity index (χ2n) is 4.69. The van der Waals surface area contributed by atoms with Gasteiger partial charge in [-0.1, -0.05) is 6.92 Å². The second kappa shape index (κ2) is 4.03. The molecule has 17 heavy (non-hydrogen) atoms. The van der Waals surface area contributed by atoms with Crippen LogP contribution < -0.4 is 5.32 Å². The van der Waals surface area contributed by atoms with Gasteiger partial charge in [0.05, 0.1) is 10.2 Å². The summed E-state index contributed by atoms with van der Waals surface area (Å²) in [6, 6.07) is 4.87. The van der Waals surface area contributed by atoms with Crippen molar-refractivity contribution in [1.82, 2.24) is 10.3 Å². The Morgan fingerprint density at radius 2 is 2.41 bits per heavy atom. The second-order valence-corrected chi connectivity index (χ2v) is 5.72. The van der Waals surface area contributed by atoms with E-state index in [1.165, 1.54) is 12.1 Å². The molecule has 0 amide bonds. The predicted octanol–water partition coefficient (Wildman–Crippen LogP) is 3.08. The first-order valence-electron chi connectivity index (χ1n) is 6.01. The number of hydrogen-bond acceptors (Lipinski definition) is 3. The third kappa shape index (κ3) is 1.76. The molecular weight excluding hydrogens is 235 g/mol. The molecule has 0 aliphatic carbocycles. The fourth-order valence-electron chi connectivity index (χ4n) is 2.51. The zero-order valence-electron chi connectivity index (χ0n) is 9.79. The fraction of sp³-hybridized carbons (Fsp3) is 0.462. The molecule has 1 fully saturated rings. The summed E-state index contributed by atoms with van der Waals surface area (Å²) in [4.78, 5) is 4.64. The number of rotatable bonds is 2. The molecule has 2 aromatic rings. The Hall–Kier alpha value is -1.00. The van der Waals surface area contributed by atoms with Gasteiger partial charge < -0.3 is 5.32 Å². The van der Waals surface area contributed by atoms with Crippen LogP contribution in [0.3, 0.4) is 0 Å². The quantitative estimate of drug-likeness (QED) is 0.886. The molecule has 1 aromatic carbocycles. The number of thiazole rings is 1. The number of benzene rings is 1. The standard InChI is InChI=1S/C13H15FN2S/c1-2-13(5-6-15-8-13)12-16-10-7-9(14)3-4-11(10)17-12/h3-4,7,15H,2,5-6,8H2,1H3. The van der Waals surface area contributed by atoms with Gasteiger partial charge in [-0.25, -0.2) is 9.37 Å². The molecule has 0 bridgehead atoms. The zero-order valence-corrected chi connectivity index (χ0v) is 10.6. The number of nitrogens with zero attached hydrogens (tertiary/aromatic N) is 1. The lowest BCUT2D eigenvalue weighted by Gasteiger charge is -2.23. The number of aromatic nitrogens is 1. The van der Waals surface area contributed by atoms with Crippen molar-refractivity contribution in [2.45, 2.75) is 25.2 Å². The van der Waals surface area contributed by atoms with Gasteiger partial charge in [0.2, 0.25) is 0 Å². The molecule has 0 saturated carbocycles. The molecular formula is C13H15FN2S. The van der Waals surface area contributed by atoms with Gasteiger partial charge in [-0.15, -0.1) is 11.3 Å². The van der Waals surface area contributed by atoms with Crippen LogP contribution in [0.5, 0.6) is 0 Å². The first-order valence-corrected chi connectivity index (χ1v) is 6.82. The van der Waals surface area contributed by atoms with E-state index in [9.17, 15) is 4.39 Å². The summed E-state index contributed by atoms with van der Waals surface area (Å²) in [7, 11) is 0. The van der Waals surface area contributed by atoms with Gasteiger partial charge in [-0.3, -0.25) is 0 Å². The summed E-state index contributed by atoms with van der Waals surface area (Å²) < 4.78 is 14.2. The van der Waals surface area contributed by atoms with E-state index < -0.39 is 0 Å². The van der Waals surface area contributed by atoms with Crippen molar-refractivity contribution in [3.8, 4) is 0 Å². The molecule has 3 rings (SSSR count). The van der Waals surface area contributed by atoms with Crippen molar-refractivity contribution in [3.05, 3.63) is 29.0 Å². The molecule has 1 aromatic heterocycles. The summed E-state index contributed by atoms with van der Waals surface area (Å²) >= 11 is 1.71. The largest absolute Gasteiger partial charge is 0.316 e. The molecule has 1 atom stereocenters. The summed E-state index contributed by atoms with van der Waals surface area (Å²) in [6.07, 6.45) is 2.22. The first-order chi connectivity index (χ1) is 8.23. The monoisotopic (exact) mass is 250 g/mol. The number of halogens is 1. The molecule has 2 heterocycles. The summed E-state index contributed by atoms with van der Waals surface area (Å²) in [5.74, 6) is -0.204. The highest BCUT2D eigenvalue weighted by atomic mass is 32.1. The maximum atomic E-state index is 13.2. The topological polar surface area (TPSA) is 24.9 Å². The average Bonchev–Trinajstić information content (AvgIpc) is 2.94. The van der Waals surface area contributed by atoms with Crippen LogP contribution in [0.4, 0.5) is 4.39 Å². The van der Waals surface area contributed by atoms with Gasteiger partial charge in [-0.2, -0.15) is 0 Å². The summed E-state index contributed by atoms with van der Waals surface area (Å²) in [6.45, 7) is 4.25. The number of hydrogen-bond donors (Lipinski definition) is 1. The molecule has 1 unspecified atom stereocenters. The molecule has 0 radical (unpaired) electrons. The van der Waals surface area contributed by atoms with E-state index in [4.69, 9.17) is 0 Å².